The lowest BCUT2D eigenvalue weighted by Crippen LogP contribution is -2.31. The molecule has 0 spiro atoms. The standard InChI is InChI=1S/C12H21N3O4S/c1-8(2)4-10(5-12(16)17)6-14-20(18,19)11-7-13-9(3)15-11/h7-8,10,14H,4-6H2,1-3H3,(H,13,15)(H,16,17)/t10-/m0/s1. The van der Waals surface area contributed by atoms with Crippen LogP contribution in [-0.4, -0.2) is 36.0 Å². The summed E-state index contributed by atoms with van der Waals surface area (Å²) in [6.07, 6.45) is 1.84. The predicted octanol–water partition coefficient (Wildman–Crippen LogP) is 1.13. The van der Waals surface area contributed by atoms with E-state index in [4.69, 9.17) is 5.11 Å². The maximum absolute atomic E-state index is 12.0. The zero-order valence-corrected chi connectivity index (χ0v) is 12.7. The molecule has 0 aliphatic carbocycles. The van der Waals surface area contributed by atoms with Gasteiger partial charge in [-0.2, -0.15) is 0 Å². The quantitative estimate of drug-likeness (QED) is 0.666. The van der Waals surface area contributed by atoms with Crippen molar-refractivity contribution in [3.8, 4) is 0 Å². The van der Waals surface area contributed by atoms with Gasteiger partial charge in [0, 0.05) is 13.0 Å². The summed E-state index contributed by atoms with van der Waals surface area (Å²) in [5.41, 5.74) is 0. The number of nitrogens with one attached hydrogen (secondary N) is 2. The molecule has 0 saturated heterocycles. The van der Waals surface area contributed by atoms with Gasteiger partial charge in [0.15, 0.2) is 5.03 Å². The van der Waals surface area contributed by atoms with Crippen LogP contribution in [0.15, 0.2) is 11.2 Å². The molecule has 0 unspecified atom stereocenters. The number of aromatic nitrogens is 2. The van der Waals surface area contributed by atoms with Gasteiger partial charge >= 0.3 is 5.97 Å². The van der Waals surface area contributed by atoms with Crippen molar-refractivity contribution in [1.29, 1.82) is 0 Å². The lowest BCUT2D eigenvalue weighted by atomic mass is 9.94. The number of aryl methyl sites for hydroxylation is 1. The summed E-state index contributed by atoms with van der Waals surface area (Å²) in [7, 11) is -3.67. The Labute approximate surface area is 118 Å². The molecule has 1 heterocycles. The Kier molecular flexibility index (Phi) is 5.70. The van der Waals surface area contributed by atoms with Crippen LogP contribution >= 0.6 is 0 Å². The first kappa shape index (κ1) is 16.6. The third-order valence-electron chi connectivity index (χ3n) is 2.80. The van der Waals surface area contributed by atoms with Gasteiger partial charge in [-0.05, 0) is 25.2 Å². The van der Waals surface area contributed by atoms with E-state index in [9.17, 15) is 13.2 Å². The van der Waals surface area contributed by atoms with Gasteiger partial charge in [-0.3, -0.25) is 4.79 Å². The second-order valence-electron chi connectivity index (χ2n) is 5.28. The Hall–Kier alpha value is -1.41. The number of sulfonamides is 1. The van der Waals surface area contributed by atoms with E-state index in [0.717, 1.165) is 0 Å². The van der Waals surface area contributed by atoms with Crippen molar-refractivity contribution in [2.45, 2.75) is 38.6 Å². The summed E-state index contributed by atoms with van der Waals surface area (Å²) >= 11 is 0. The average Bonchev–Trinajstić information content (AvgIpc) is 2.72. The molecule has 0 radical (unpaired) electrons. The van der Waals surface area contributed by atoms with Crippen molar-refractivity contribution in [3.05, 3.63) is 12.0 Å². The first-order valence-electron chi connectivity index (χ1n) is 6.43. The van der Waals surface area contributed by atoms with Gasteiger partial charge in [0.2, 0.25) is 0 Å². The molecule has 0 aliphatic heterocycles. The van der Waals surface area contributed by atoms with E-state index in [0.29, 0.717) is 18.2 Å². The number of hydrogen-bond acceptors (Lipinski definition) is 4. The lowest BCUT2D eigenvalue weighted by molar-refractivity contribution is -0.138. The molecule has 0 fully saturated rings. The average molecular weight is 303 g/mol. The topological polar surface area (TPSA) is 112 Å². The minimum atomic E-state index is -3.67. The van der Waals surface area contributed by atoms with Crippen LogP contribution in [0.4, 0.5) is 0 Å². The Balaban J connectivity index is 2.68. The van der Waals surface area contributed by atoms with Crippen molar-refractivity contribution in [2.75, 3.05) is 6.54 Å². The van der Waals surface area contributed by atoms with Gasteiger partial charge in [-0.15, -0.1) is 0 Å². The molecule has 3 N–H and O–H groups in total. The molecule has 1 rings (SSSR count). The second-order valence-corrected chi connectivity index (χ2v) is 7.01. The molecule has 0 aromatic carbocycles. The first-order chi connectivity index (χ1) is 9.20. The number of aromatic amines is 1. The number of rotatable bonds is 8. The van der Waals surface area contributed by atoms with E-state index in [-0.39, 0.29) is 23.9 Å². The molecule has 0 saturated carbocycles. The van der Waals surface area contributed by atoms with Crippen molar-refractivity contribution in [3.63, 3.8) is 0 Å². The fourth-order valence-electron chi connectivity index (χ4n) is 1.99. The number of carboxylic acids is 1. The van der Waals surface area contributed by atoms with Crippen molar-refractivity contribution < 1.29 is 18.3 Å². The minimum Gasteiger partial charge on any atom is -0.481 e. The largest absolute Gasteiger partial charge is 0.481 e. The van der Waals surface area contributed by atoms with Gasteiger partial charge in [-0.1, -0.05) is 13.8 Å². The molecular formula is C12H21N3O4S. The first-order valence-corrected chi connectivity index (χ1v) is 7.92. The van der Waals surface area contributed by atoms with Crippen LogP contribution in [0.2, 0.25) is 0 Å². The molecular weight excluding hydrogens is 282 g/mol. The fraction of sp³-hybridized carbons (Fsp3) is 0.667. The summed E-state index contributed by atoms with van der Waals surface area (Å²) in [6, 6.07) is 0. The zero-order chi connectivity index (χ0) is 15.3. The van der Waals surface area contributed by atoms with Gasteiger partial charge in [0.1, 0.15) is 5.82 Å². The number of hydrogen-bond donors (Lipinski definition) is 3. The van der Waals surface area contributed by atoms with Crippen LogP contribution in [0.25, 0.3) is 0 Å². The number of carbonyl (C=O) groups is 1. The van der Waals surface area contributed by atoms with Gasteiger partial charge in [0.25, 0.3) is 10.0 Å². The van der Waals surface area contributed by atoms with Gasteiger partial charge in [0.05, 0.1) is 6.20 Å². The lowest BCUT2D eigenvalue weighted by Gasteiger charge is -2.17. The maximum Gasteiger partial charge on any atom is 0.303 e. The Bertz CT molecular complexity index is 551. The van der Waals surface area contributed by atoms with Crippen LogP contribution < -0.4 is 4.72 Å². The smallest absolute Gasteiger partial charge is 0.303 e. The summed E-state index contributed by atoms with van der Waals surface area (Å²) < 4.78 is 26.4. The number of imidazole rings is 1. The van der Waals surface area contributed by atoms with E-state index >= 15 is 0 Å². The van der Waals surface area contributed by atoms with E-state index < -0.39 is 16.0 Å². The summed E-state index contributed by atoms with van der Waals surface area (Å²) in [5.74, 6) is -0.341. The molecule has 1 aromatic rings. The number of nitrogens with zero attached hydrogens (tertiary/aromatic N) is 1. The van der Waals surface area contributed by atoms with Gasteiger partial charge < -0.3 is 10.1 Å². The van der Waals surface area contributed by atoms with Crippen molar-refractivity contribution in [2.24, 2.45) is 11.8 Å². The van der Waals surface area contributed by atoms with Crippen LogP contribution in [0.1, 0.15) is 32.5 Å². The Morgan fingerprint density at radius 2 is 2.15 bits per heavy atom. The summed E-state index contributed by atoms with van der Waals surface area (Å²) in [5, 5.41) is 8.85. The normalized spacial score (nSPS) is 13.6. The molecule has 7 nitrogen and oxygen atoms in total. The SMILES string of the molecule is Cc1ncc(S(=O)(=O)NC[C@H](CC(=O)O)CC(C)C)[nH]1. The van der Waals surface area contributed by atoms with Crippen LogP contribution in [-0.2, 0) is 14.8 Å². The summed E-state index contributed by atoms with van der Waals surface area (Å²) in [6.45, 7) is 5.71. The highest BCUT2D eigenvalue weighted by atomic mass is 32.2. The fourth-order valence-corrected chi connectivity index (χ4v) is 3.08. The number of carboxylic acid groups (broad SMARTS) is 1. The van der Waals surface area contributed by atoms with Crippen molar-refractivity contribution in [1.82, 2.24) is 14.7 Å². The number of H-pyrrole nitrogens is 1. The third-order valence-corrected chi connectivity index (χ3v) is 4.13. The van der Waals surface area contributed by atoms with Crippen LogP contribution in [0.3, 0.4) is 0 Å². The highest BCUT2D eigenvalue weighted by Crippen LogP contribution is 2.16. The van der Waals surface area contributed by atoms with Crippen LogP contribution in [0, 0.1) is 18.8 Å². The van der Waals surface area contributed by atoms with Gasteiger partial charge in [-0.25, -0.2) is 18.1 Å². The maximum atomic E-state index is 12.0. The van der Waals surface area contributed by atoms with E-state index in [2.05, 4.69) is 14.7 Å². The molecule has 1 aromatic heterocycles. The highest BCUT2D eigenvalue weighted by molar-refractivity contribution is 7.89. The molecule has 20 heavy (non-hydrogen) atoms. The molecule has 0 aliphatic rings. The highest BCUT2D eigenvalue weighted by Gasteiger charge is 2.21. The number of aliphatic carboxylic acids is 1. The van der Waals surface area contributed by atoms with Crippen LogP contribution in [0.5, 0.6) is 0 Å². The molecule has 0 bridgehead atoms. The monoisotopic (exact) mass is 303 g/mol. The Morgan fingerprint density at radius 3 is 2.60 bits per heavy atom. The molecule has 114 valence electrons. The van der Waals surface area contributed by atoms with Crippen molar-refractivity contribution >= 4 is 16.0 Å². The predicted molar refractivity (Wildman–Crippen MR) is 73.7 cm³/mol. The Morgan fingerprint density at radius 1 is 1.50 bits per heavy atom. The molecule has 0 amide bonds. The van der Waals surface area contributed by atoms with E-state index in [1.807, 2.05) is 13.8 Å². The minimum absolute atomic E-state index is 0.00591. The molecule has 8 heteroatoms. The zero-order valence-electron chi connectivity index (χ0n) is 11.9. The summed E-state index contributed by atoms with van der Waals surface area (Å²) in [4.78, 5) is 17.3. The molecule has 1 atom stereocenters. The third kappa shape index (κ3) is 5.30. The van der Waals surface area contributed by atoms with E-state index in [1.54, 1.807) is 6.92 Å². The second kappa shape index (κ2) is 6.85. The van der Waals surface area contributed by atoms with E-state index in [1.165, 1.54) is 6.20 Å².